The fourth-order valence-electron chi connectivity index (χ4n) is 1.66. The number of nitriles is 1. The number of hydrogen-bond acceptors (Lipinski definition) is 2. The molecule has 0 atom stereocenters. The second-order valence-electron chi connectivity index (χ2n) is 4.09. The highest BCUT2D eigenvalue weighted by atomic mass is 32.1. The summed E-state index contributed by atoms with van der Waals surface area (Å²) in [6.45, 7) is 2.02. The van der Waals surface area contributed by atoms with E-state index in [0.717, 1.165) is 16.9 Å². The molecule has 2 aromatic carbocycles. The first-order valence-electron chi connectivity index (χ1n) is 5.83. The van der Waals surface area contributed by atoms with Crippen LogP contribution in [-0.4, -0.2) is 5.11 Å². The molecule has 0 bridgehead atoms. The summed E-state index contributed by atoms with van der Waals surface area (Å²) in [4.78, 5) is 0. The zero-order chi connectivity index (χ0) is 13.7. The number of thiocarbonyl (C=S) groups is 1. The van der Waals surface area contributed by atoms with Gasteiger partial charge in [0.25, 0.3) is 0 Å². The summed E-state index contributed by atoms with van der Waals surface area (Å²) in [6, 6.07) is 17.2. The SMILES string of the molecule is Cc1ccccc1NC(=S)Nc1cccc(C#N)c1. The van der Waals surface area contributed by atoms with Gasteiger partial charge in [0.15, 0.2) is 5.11 Å². The van der Waals surface area contributed by atoms with Crippen molar-refractivity contribution in [3.63, 3.8) is 0 Å². The number of rotatable bonds is 2. The number of aryl methyl sites for hydroxylation is 1. The summed E-state index contributed by atoms with van der Waals surface area (Å²) in [7, 11) is 0. The van der Waals surface area contributed by atoms with Gasteiger partial charge in [-0.15, -0.1) is 0 Å². The normalized spacial score (nSPS) is 9.47. The summed E-state index contributed by atoms with van der Waals surface area (Å²) in [5.41, 5.74) is 3.49. The molecule has 94 valence electrons. The van der Waals surface area contributed by atoms with Crippen LogP contribution in [0.4, 0.5) is 11.4 Å². The van der Waals surface area contributed by atoms with E-state index in [2.05, 4.69) is 16.7 Å². The van der Waals surface area contributed by atoms with Gasteiger partial charge in [0.05, 0.1) is 11.6 Å². The van der Waals surface area contributed by atoms with Gasteiger partial charge < -0.3 is 10.6 Å². The maximum Gasteiger partial charge on any atom is 0.175 e. The fraction of sp³-hybridized carbons (Fsp3) is 0.0667. The molecule has 2 aromatic rings. The van der Waals surface area contributed by atoms with E-state index in [4.69, 9.17) is 17.5 Å². The highest BCUT2D eigenvalue weighted by molar-refractivity contribution is 7.80. The minimum absolute atomic E-state index is 0.504. The molecule has 2 N–H and O–H groups in total. The van der Waals surface area contributed by atoms with E-state index in [1.54, 1.807) is 12.1 Å². The quantitative estimate of drug-likeness (QED) is 0.815. The molecular formula is C15H13N3S. The molecule has 3 nitrogen and oxygen atoms in total. The van der Waals surface area contributed by atoms with Gasteiger partial charge in [0.1, 0.15) is 0 Å². The lowest BCUT2D eigenvalue weighted by Crippen LogP contribution is -2.19. The smallest absolute Gasteiger partial charge is 0.175 e. The summed E-state index contributed by atoms with van der Waals surface area (Å²) in [6.07, 6.45) is 0. The van der Waals surface area contributed by atoms with E-state index in [1.165, 1.54) is 0 Å². The van der Waals surface area contributed by atoms with Gasteiger partial charge in [-0.2, -0.15) is 5.26 Å². The molecule has 0 aromatic heterocycles. The van der Waals surface area contributed by atoms with E-state index >= 15 is 0 Å². The van der Waals surface area contributed by atoms with E-state index in [0.29, 0.717) is 10.7 Å². The van der Waals surface area contributed by atoms with E-state index in [-0.39, 0.29) is 0 Å². The average Bonchev–Trinajstić information content (AvgIpc) is 2.41. The maximum absolute atomic E-state index is 8.84. The molecule has 0 aliphatic carbocycles. The number of nitrogens with zero attached hydrogens (tertiary/aromatic N) is 1. The summed E-state index contributed by atoms with van der Waals surface area (Å²) >= 11 is 5.25. The van der Waals surface area contributed by atoms with Crippen molar-refractivity contribution in [2.24, 2.45) is 0 Å². The number of para-hydroxylation sites is 1. The first-order chi connectivity index (χ1) is 9.19. The zero-order valence-corrected chi connectivity index (χ0v) is 11.3. The van der Waals surface area contributed by atoms with Crippen molar-refractivity contribution in [1.82, 2.24) is 0 Å². The molecule has 0 aliphatic rings. The van der Waals surface area contributed by atoms with Crippen LogP contribution in [0.1, 0.15) is 11.1 Å². The monoisotopic (exact) mass is 267 g/mol. The number of benzene rings is 2. The third-order valence-corrected chi connectivity index (χ3v) is 2.85. The molecule has 0 spiro atoms. The van der Waals surface area contributed by atoms with E-state index in [9.17, 15) is 0 Å². The molecule has 0 amide bonds. The molecule has 4 heteroatoms. The Balaban J connectivity index is 2.06. The van der Waals surface area contributed by atoms with Gasteiger partial charge in [-0.05, 0) is 49.0 Å². The molecule has 0 saturated heterocycles. The third kappa shape index (κ3) is 3.54. The van der Waals surface area contributed by atoms with Gasteiger partial charge in [-0.25, -0.2) is 0 Å². The second kappa shape index (κ2) is 5.98. The van der Waals surface area contributed by atoms with E-state index < -0.39 is 0 Å². The largest absolute Gasteiger partial charge is 0.332 e. The summed E-state index contributed by atoms with van der Waals surface area (Å²) in [5.74, 6) is 0. The minimum Gasteiger partial charge on any atom is -0.332 e. The second-order valence-corrected chi connectivity index (χ2v) is 4.49. The zero-order valence-electron chi connectivity index (χ0n) is 10.5. The Morgan fingerprint density at radius 2 is 1.89 bits per heavy atom. The lowest BCUT2D eigenvalue weighted by molar-refractivity contribution is 1.45. The first-order valence-corrected chi connectivity index (χ1v) is 6.23. The number of hydrogen-bond donors (Lipinski definition) is 2. The van der Waals surface area contributed by atoms with Gasteiger partial charge in [-0.1, -0.05) is 24.3 Å². The Hall–Kier alpha value is -2.38. The predicted octanol–water partition coefficient (Wildman–Crippen LogP) is 3.68. The van der Waals surface area contributed by atoms with Gasteiger partial charge in [0.2, 0.25) is 0 Å². The number of anilines is 2. The molecule has 0 fully saturated rings. The molecule has 0 saturated carbocycles. The van der Waals surface area contributed by atoms with Crippen LogP contribution < -0.4 is 10.6 Å². The van der Waals surface area contributed by atoms with E-state index in [1.807, 2.05) is 43.3 Å². The van der Waals surface area contributed by atoms with Crippen LogP contribution in [0.25, 0.3) is 0 Å². The topological polar surface area (TPSA) is 47.8 Å². The Morgan fingerprint density at radius 1 is 1.11 bits per heavy atom. The van der Waals surface area contributed by atoms with Crippen LogP contribution in [0.5, 0.6) is 0 Å². The van der Waals surface area contributed by atoms with Crippen LogP contribution >= 0.6 is 12.2 Å². The lowest BCUT2D eigenvalue weighted by atomic mass is 10.2. The highest BCUT2D eigenvalue weighted by Gasteiger charge is 2.01. The van der Waals surface area contributed by atoms with Crippen molar-refractivity contribution in [2.75, 3.05) is 10.6 Å². The Bertz CT molecular complexity index is 644. The Morgan fingerprint density at radius 3 is 2.63 bits per heavy atom. The Labute approximate surface area is 117 Å². The van der Waals surface area contributed by atoms with Crippen molar-refractivity contribution >= 4 is 28.7 Å². The molecular weight excluding hydrogens is 254 g/mol. The molecule has 0 aliphatic heterocycles. The fourth-order valence-corrected chi connectivity index (χ4v) is 1.89. The van der Waals surface area contributed by atoms with Gasteiger partial charge in [-0.3, -0.25) is 0 Å². The van der Waals surface area contributed by atoms with Crippen LogP contribution in [0.3, 0.4) is 0 Å². The summed E-state index contributed by atoms with van der Waals surface area (Å²) < 4.78 is 0. The highest BCUT2D eigenvalue weighted by Crippen LogP contribution is 2.15. The van der Waals surface area contributed by atoms with Crippen LogP contribution in [0.15, 0.2) is 48.5 Å². The standard InChI is InChI=1S/C15H13N3S/c1-11-5-2-3-8-14(11)18-15(19)17-13-7-4-6-12(9-13)10-16/h2-9H,1H3,(H2,17,18,19). The number of nitrogens with one attached hydrogen (secondary N) is 2. The predicted molar refractivity (Wildman–Crippen MR) is 82.2 cm³/mol. The van der Waals surface area contributed by atoms with Crippen molar-refractivity contribution in [1.29, 1.82) is 5.26 Å². The first kappa shape index (κ1) is 13.1. The van der Waals surface area contributed by atoms with Crippen molar-refractivity contribution in [2.45, 2.75) is 6.92 Å². The van der Waals surface area contributed by atoms with Crippen LogP contribution in [0, 0.1) is 18.3 Å². The molecule has 0 radical (unpaired) electrons. The van der Waals surface area contributed by atoms with Crippen molar-refractivity contribution in [3.8, 4) is 6.07 Å². The van der Waals surface area contributed by atoms with Gasteiger partial charge >= 0.3 is 0 Å². The van der Waals surface area contributed by atoms with Crippen molar-refractivity contribution < 1.29 is 0 Å². The molecule has 0 heterocycles. The van der Waals surface area contributed by atoms with Crippen LogP contribution in [-0.2, 0) is 0 Å². The minimum atomic E-state index is 0.504. The molecule has 19 heavy (non-hydrogen) atoms. The molecule has 2 rings (SSSR count). The third-order valence-electron chi connectivity index (χ3n) is 2.64. The Kier molecular flexibility index (Phi) is 4.11. The molecule has 0 unspecified atom stereocenters. The van der Waals surface area contributed by atoms with Crippen LogP contribution in [0.2, 0.25) is 0 Å². The lowest BCUT2D eigenvalue weighted by Gasteiger charge is -2.12. The maximum atomic E-state index is 8.84. The van der Waals surface area contributed by atoms with Gasteiger partial charge in [0, 0.05) is 11.4 Å². The van der Waals surface area contributed by atoms with Crippen molar-refractivity contribution in [3.05, 3.63) is 59.7 Å². The average molecular weight is 267 g/mol. The summed E-state index contributed by atoms with van der Waals surface area (Å²) in [5, 5.41) is 15.5.